The molecule has 0 spiro atoms. The van der Waals surface area contributed by atoms with E-state index in [-0.39, 0.29) is 18.5 Å². The second-order valence-electron chi connectivity index (χ2n) is 9.23. The van der Waals surface area contributed by atoms with E-state index >= 15 is 0 Å². The van der Waals surface area contributed by atoms with Crippen LogP contribution in [0.1, 0.15) is 55.2 Å². The van der Waals surface area contributed by atoms with Crippen LogP contribution in [-0.4, -0.2) is 75.5 Å². The van der Waals surface area contributed by atoms with Gasteiger partial charge < -0.3 is 10.1 Å². The van der Waals surface area contributed by atoms with E-state index in [9.17, 15) is 13.2 Å². The Labute approximate surface area is 193 Å². The third kappa shape index (κ3) is 6.53. The highest BCUT2D eigenvalue weighted by atomic mass is 32.2. The van der Waals surface area contributed by atoms with Crippen LogP contribution in [0.3, 0.4) is 0 Å². The van der Waals surface area contributed by atoms with Crippen LogP contribution < -0.4 is 5.32 Å². The van der Waals surface area contributed by atoms with Crippen LogP contribution in [0, 0.1) is 20.8 Å². The first kappa shape index (κ1) is 25.1. The first-order chi connectivity index (χ1) is 15.3. The van der Waals surface area contributed by atoms with Gasteiger partial charge in [-0.2, -0.15) is 4.31 Å². The standard InChI is InChI=1S/C24H39N3O4S/c1-19-16-20(2)24(21(3)17-19)32(29,30)27(22-8-5-4-6-9-22)18-23(28)25-10-7-11-26-12-14-31-15-13-26/h16-17,22H,4-15,18H2,1-3H3,(H,25,28). The molecule has 1 aromatic rings. The quantitative estimate of drug-likeness (QED) is 0.568. The molecule has 1 saturated carbocycles. The third-order valence-electron chi connectivity index (χ3n) is 6.53. The van der Waals surface area contributed by atoms with Crippen LogP contribution >= 0.6 is 0 Å². The van der Waals surface area contributed by atoms with Gasteiger partial charge in [0.25, 0.3) is 0 Å². The first-order valence-corrected chi connectivity index (χ1v) is 13.4. The lowest BCUT2D eigenvalue weighted by molar-refractivity contribution is -0.121. The molecule has 2 aliphatic rings. The van der Waals surface area contributed by atoms with Crippen molar-refractivity contribution in [2.24, 2.45) is 0 Å². The Kier molecular flexibility index (Phi) is 9.11. The van der Waals surface area contributed by atoms with Gasteiger partial charge >= 0.3 is 0 Å². The Morgan fingerprint density at radius 2 is 1.72 bits per heavy atom. The predicted octanol–water partition coefficient (Wildman–Crippen LogP) is 2.77. The number of sulfonamides is 1. The number of aryl methyl sites for hydroxylation is 3. The Morgan fingerprint density at radius 1 is 1.09 bits per heavy atom. The summed E-state index contributed by atoms with van der Waals surface area (Å²) in [5.74, 6) is -0.219. The van der Waals surface area contributed by atoms with Crippen molar-refractivity contribution in [1.29, 1.82) is 0 Å². The molecule has 1 aliphatic carbocycles. The summed E-state index contributed by atoms with van der Waals surface area (Å²) in [7, 11) is -3.77. The number of rotatable bonds is 9. The molecule has 0 atom stereocenters. The second kappa shape index (κ2) is 11.6. The van der Waals surface area contributed by atoms with Gasteiger partial charge in [0.1, 0.15) is 0 Å². The fraction of sp³-hybridized carbons (Fsp3) is 0.708. The van der Waals surface area contributed by atoms with Crippen molar-refractivity contribution in [3.05, 3.63) is 28.8 Å². The maximum Gasteiger partial charge on any atom is 0.244 e. The van der Waals surface area contributed by atoms with E-state index in [0.29, 0.717) is 11.4 Å². The molecule has 0 radical (unpaired) electrons. The molecule has 0 unspecified atom stereocenters. The lowest BCUT2D eigenvalue weighted by Crippen LogP contribution is -2.47. The molecule has 3 rings (SSSR count). The summed E-state index contributed by atoms with van der Waals surface area (Å²) in [6, 6.07) is 3.70. The van der Waals surface area contributed by atoms with Gasteiger partial charge in [-0.3, -0.25) is 9.69 Å². The zero-order valence-electron chi connectivity index (χ0n) is 19.9. The van der Waals surface area contributed by atoms with Gasteiger partial charge in [0.15, 0.2) is 0 Å². The molecule has 0 bridgehead atoms. The summed E-state index contributed by atoms with van der Waals surface area (Å²) < 4.78 is 34.4. The second-order valence-corrected chi connectivity index (χ2v) is 11.1. The van der Waals surface area contributed by atoms with Gasteiger partial charge in [-0.15, -0.1) is 0 Å². The van der Waals surface area contributed by atoms with Crippen LogP contribution in [0.15, 0.2) is 17.0 Å². The number of morpholine rings is 1. The fourth-order valence-electron chi connectivity index (χ4n) is 5.02. The molecule has 1 saturated heterocycles. The highest BCUT2D eigenvalue weighted by Gasteiger charge is 2.35. The lowest BCUT2D eigenvalue weighted by Gasteiger charge is -2.34. The fourth-order valence-corrected chi connectivity index (χ4v) is 7.08. The Bertz CT molecular complexity index is 852. The van der Waals surface area contributed by atoms with Crippen molar-refractivity contribution in [2.75, 3.05) is 45.9 Å². The Hall–Kier alpha value is -1.48. The van der Waals surface area contributed by atoms with E-state index in [2.05, 4.69) is 10.2 Å². The number of ether oxygens (including phenoxy) is 1. The van der Waals surface area contributed by atoms with E-state index in [1.165, 1.54) is 4.31 Å². The molecule has 32 heavy (non-hydrogen) atoms. The number of hydrogen-bond donors (Lipinski definition) is 1. The molecule has 1 N–H and O–H groups in total. The maximum atomic E-state index is 13.8. The van der Waals surface area contributed by atoms with Gasteiger partial charge in [0.2, 0.25) is 15.9 Å². The minimum absolute atomic E-state index is 0.114. The average molecular weight is 466 g/mol. The summed E-state index contributed by atoms with van der Waals surface area (Å²) in [4.78, 5) is 15.5. The minimum atomic E-state index is -3.77. The van der Waals surface area contributed by atoms with E-state index in [1.54, 1.807) is 0 Å². The van der Waals surface area contributed by atoms with Crippen molar-refractivity contribution >= 4 is 15.9 Å². The van der Waals surface area contributed by atoms with Gasteiger partial charge in [0.05, 0.1) is 24.7 Å². The van der Waals surface area contributed by atoms with Crippen LogP contribution in [-0.2, 0) is 19.6 Å². The minimum Gasteiger partial charge on any atom is -0.379 e. The molecule has 1 aromatic carbocycles. The van der Waals surface area contributed by atoms with Crippen LogP contribution in [0.2, 0.25) is 0 Å². The van der Waals surface area contributed by atoms with Crippen molar-refractivity contribution in [2.45, 2.75) is 70.2 Å². The van der Waals surface area contributed by atoms with Crippen molar-refractivity contribution in [3.8, 4) is 0 Å². The number of benzene rings is 1. The maximum absolute atomic E-state index is 13.8. The van der Waals surface area contributed by atoms with E-state index < -0.39 is 10.0 Å². The molecule has 2 fully saturated rings. The third-order valence-corrected chi connectivity index (χ3v) is 8.73. The molecular weight excluding hydrogens is 426 g/mol. The SMILES string of the molecule is Cc1cc(C)c(S(=O)(=O)N(CC(=O)NCCCN2CCOCC2)C2CCCCC2)c(C)c1. The van der Waals surface area contributed by atoms with Crippen molar-refractivity contribution < 1.29 is 17.9 Å². The Balaban J connectivity index is 1.68. The zero-order valence-corrected chi connectivity index (χ0v) is 20.7. The number of carbonyl (C=O) groups excluding carboxylic acids is 1. The molecule has 8 heteroatoms. The number of carbonyl (C=O) groups is 1. The van der Waals surface area contributed by atoms with Gasteiger partial charge in [-0.25, -0.2) is 8.42 Å². The van der Waals surface area contributed by atoms with Crippen LogP contribution in [0.4, 0.5) is 0 Å². The highest BCUT2D eigenvalue weighted by Crippen LogP contribution is 2.31. The summed E-state index contributed by atoms with van der Waals surface area (Å²) in [6.45, 7) is 10.4. The summed E-state index contributed by atoms with van der Waals surface area (Å²) >= 11 is 0. The smallest absolute Gasteiger partial charge is 0.244 e. The normalized spacial score (nSPS) is 18.8. The summed E-state index contributed by atoms with van der Waals surface area (Å²) in [5.41, 5.74) is 2.53. The van der Waals surface area contributed by atoms with Gasteiger partial charge in [0, 0.05) is 25.7 Å². The van der Waals surface area contributed by atoms with Crippen molar-refractivity contribution in [3.63, 3.8) is 0 Å². The van der Waals surface area contributed by atoms with Crippen LogP contribution in [0.5, 0.6) is 0 Å². The molecule has 180 valence electrons. The molecular formula is C24H39N3O4S. The van der Waals surface area contributed by atoms with Crippen molar-refractivity contribution in [1.82, 2.24) is 14.5 Å². The largest absolute Gasteiger partial charge is 0.379 e. The zero-order chi connectivity index (χ0) is 23.1. The number of amides is 1. The Morgan fingerprint density at radius 3 is 2.34 bits per heavy atom. The van der Waals surface area contributed by atoms with Gasteiger partial charge in [-0.1, -0.05) is 37.0 Å². The highest BCUT2D eigenvalue weighted by molar-refractivity contribution is 7.89. The lowest BCUT2D eigenvalue weighted by atomic mass is 9.95. The molecule has 1 amide bonds. The summed E-state index contributed by atoms with van der Waals surface area (Å²) in [6.07, 6.45) is 5.60. The molecule has 7 nitrogen and oxygen atoms in total. The number of hydrogen-bond acceptors (Lipinski definition) is 5. The molecule has 0 aromatic heterocycles. The number of nitrogens with one attached hydrogen (secondary N) is 1. The first-order valence-electron chi connectivity index (χ1n) is 12.0. The average Bonchev–Trinajstić information content (AvgIpc) is 2.75. The van der Waals surface area contributed by atoms with E-state index in [4.69, 9.17) is 4.74 Å². The van der Waals surface area contributed by atoms with Crippen LogP contribution in [0.25, 0.3) is 0 Å². The molecule has 1 heterocycles. The topological polar surface area (TPSA) is 79.0 Å². The van der Waals surface area contributed by atoms with E-state index in [1.807, 2.05) is 32.9 Å². The number of nitrogens with zero attached hydrogens (tertiary/aromatic N) is 2. The van der Waals surface area contributed by atoms with E-state index in [0.717, 1.165) is 88.1 Å². The summed E-state index contributed by atoms with van der Waals surface area (Å²) in [5, 5.41) is 2.95. The molecule has 1 aliphatic heterocycles. The predicted molar refractivity (Wildman–Crippen MR) is 126 cm³/mol. The van der Waals surface area contributed by atoms with Gasteiger partial charge in [-0.05, 0) is 57.7 Å². The monoisotopic (exact) mass is 465 g/mol.